The van der Waals surface area contributed by atoms with E-state index in [1.54, 1.807) is 4.90 Å². The van der Waals surface area contributed by atoms with Gasteiger partial charge in [-0.3, -0.25) is 4.79 Å². The van der Waals surface area contributed by atoms with Crippen molar-refractivity contribution in [1.82, 2.24) is 0 Å². The van der Waals surface area contributed by atoms with E-state index in [0.29, 0.717) is 10.9 Å². The molecule has 0 aromatic heterocycles. The maximum atomic E-state index is 13.2. The summed E-state index contributed by atoms with van der Waals surface area (Å²) in [5, 5.41) is 10.5. The molecular weight excluding hydrogens is 383 g/mol. The van der Waals surface area contributed by atoms with E-state index in [2.05, 4.69) is 4.99 Å². The first-order chi connectivity index (χ1) is 12.2. The molecule has 0 bridgehead atoms. The van der Waals surface area contributed by atoms with Crippen LogP contribution in [0.2, 0.25) is 0 Å². The lowest BCUT2D eigenvalue weighted by atomic mass is 10.2. The molecule has 3 rings (SSSR count). The summed E-state index contributed by atoms with van der Waals surface area (Å²) in [5.74, 6) is -2.19. The van der Waals surface area contributed by atoms with Crippen LogP contribution in [0.3, 0.4) is 0 Å². The number of nitrogens with zero attached hydrogens (tertiary/aromatic N) is 2. The van der Waals surface area contributed by atoms with Gasteiger partial charge < -0.3 is 14.8 Å². The fourth-order valence-electron chi connectivity index (χ4n) is 3.01. The van der Waals surface area contributed by atoms with E-state index in [9.17, 15) is 27.5 Å². The number of carbonyl (C=O) groups excluding carboxylic acids is 2. The Labute approximate surface area is 154 Å². The highest BCUT2D eigenvalue weighted by Crippen LogP contribution is 2.41. The molecule has 2 aliphatic rings. The van der Waals surface area contributed by atoms with Crippen molar-refractivity contribution in [3.63, 3.8) is 0 Å². The molecule has 0 spiro atoms. The second-order valence-corrected chi connectivity index (χ2v) is 9.52. The average molecular weight is 399 g/mol. The Bertz CT molecular complexity index is 854. The lowest BCUT2D eigenvalue weighted by molar-refractivity contribution is -0.305. The maximum Gasteiger partial charge on any atom is 0.248 e. The predicted molar refractivity (Wildman–Crippen MR) is 94.0 cm³/mol. The number of thioether (sulfide) groups is 1. The zero-order chi connectivity index (χ0) is 18.9. The van der Waals surface area contributed by atoms with Crippen LogP contribution in [0.25, 0.3) is 0 Å². The molecule has 0 radical (unpaired) electrons. The Hall–Kier alpha value is -1.94. The molecule has 0 unspecified atom stereocenters. The molecule has 2 heterocycles. The van der Waals surface area contributed by atoms with Gasteiger partial charge in [0.1, 0.15) is 5.82 Å². The molecule has 2 aliphatic heterocycles. The third-order valence-electron chi connectivity index (χ3n) is 4.16. The lowest BCUT2D eigenvalue weighted by Crippen LogP contribution is -2.37. The first-order valence-corrected chi connectivity index (χ1v) is 10.7. The minimum Gasteiger partial charge on any atom is -0.550 e. The summed E-state index contributed by atoms with van der Waals surface area (Å²) < 4.78 is 37.1. The quantitative estimate of drug-likeness (QED) is 0.703. The molecular formula is C16H16FN2O5S2-. The molecule has 1 aromatic carbocycles. The zero-order valence-electron chi connectivity index (χ0n) is 13.6. The lowest BCUT2D eigenvalue weighted by Gasteiger charge is -2.24. The van der Waals surface area contributed by atoms with Crippen LogP contribution in [0.5, 0.6) is 0 Å². The fourth-order valence-corrected chi connectivity index (χ4v) is 6.95. The van der Waals surface area contributed by atoms with Crippen LogP contribution in [0.1, 0.15) is 19.3 Å². The fraction of sp³-hybridized carbons (Fsp3) is 0.438. The van der Waals surface area contributed by atoms with Gasteiger partial charge in [-0.05, 0) is 37.1 Å². The van der Waals surface area contributed by atoms with Crippen molar-refractivity contribution in [3.05, 3.63) is 30.1 Å². The van der Waals surface area contributed by atoms with E-state index in [-0.39, 0.29) is 42.1 Å². The number of carbonyl (C=O) groups is 2. The van der Waals surface area contributed by atoms with E-state index in [1.807, 2.05) is 0 Å². The van der Waals surface area contributed by atoms with Crippen LogP contribution in [0, 0.1) is 5.82 Å². The summed E-state index contributed by atoms with van der Waals surface area (Å²) in [6, 6.07) is 5.18. The van der Waals surface area contributed by atoms with Gasteiger partial charge in [-0.2, -0.15) is 4.99 Å². The number of hydrogen-bond donors (Lipinski definition) is 0. The number of hydrogen-bond acceptors (Lipinski definition) is 6. The van der Waals surface area contributed by atoms with Crippen molar-refractivity contribution in [2.45, 2.75) is 30.6 Å². The second-order valence-electron chi connectivity index (χ2n) is 6.16. The molecule has 2 atom stereocenters. The van der Waals surface area contributed by atoms with Crippen molar-refractivity contribution >= 4 is 44.3 Å². The van der Waals surface area contributed by atoms with Gasteiger partial charge >= 0.3 is 0 Å². The monoisotopic (exact) mass is 399 g/mol. The van der Waals surface area contributed by atoms with Crippen LogP contribution in [-0.4, -0.2) is 48.3 Å². The van der Waals surface area contributed by atoms with Gasteiger partial charge in [-0.1, -0.05) is 11.8 Å². The van der Waals surface area contributed by atoms with Gasteiger partial charge in [0.05, 0.1) is 17.5 Å². The number of aliphatic imine (C=N–C) groups is 1. The smallest absolute Gasteiger partial charge is 0.248 e. The molecule has 1 aromatic rings. The number of benzene rings is 1. The number of carboxylic acids is 1. The highest BCUT2D eigenvalue weighted by molar-refractivity contribution is 8.16. The Morgan fingerprint density at radius 2 is 1.92 bits per heavy atom. The molecule has 2 saturated heterocycles. The third kappa shape index (κ3) is 4.24. The molecule has 0 N–H and O–H groups in total. The van der Waals surface area contributed by atoms with Gasteiger partial charge in [0.25, 0.3) is 0 Å². The molecule has 0 aliphatic carbocycles. The minimum atomic E-state index is -3.18. The summed E-state index contributed by atoms with van der Waals surface area (Å²) >= 11 is 1.21. The van der Waals surface area contributed by atoms with Gasteiger partial charge in [0, 0.05) is 23.3 Å². The summed E-state index contributed by atoms with van der Waals surface area (Å²) in [5.41, 5.74) is 0.560. The van der Waals surface area contributed by atoms with Crippen molar-refractivity contribution in [2.24, 2.45) is 4.99 Å². The number of sulfone groups is 1. The van der Waals surface area contributed by atoms with Crippen LogP contribution < -0.4 is 10.0 Å². The van der Waals surface area contributed by atoms with E-state index in [0.717, 1.165) is 0 Å². The van der Waals surface area contributed by atoms with Gasteiger partial charge in [-0.15, -0.1) is 0 Å². The van der Waals surface area contributed by atoms with E-state index in [1.165, 1.54) is 36.0 Å². The van der Waals surface area contributed by atoms with Crippen molar-refractivity contribution in [2.75, 3.05) is 16.4 Å². The minimum absolute atomic E-state index is 0.00206. The number of halogens is 1. The normalized spacial score (nSPS) is 25.4. The predicted octanol–water partition coefficient (Wildman–Crippen LogP) is 0.347. The summed E-state index contributed by atoms with van der Waals surface area (Å²) in [7, 11) is -3.18. The first-order valence-electron chi connectivity index (χ1n) is 7.98. The topological polar surface area (TPSA) is 107 Å². The van der Waals surface area contributed by atoms with E-state index < -0.39 is 27.5 Å². The van der Waals surface area contributed by atoms with E-state index >= 15 is 0 Å². The second kappa shape index (κ2) is 7.36. The van der Waals surface area contributed by atoms with Gasteiger partial charge in [0.2, 0.25) is 5.91 Å². The molecule has 2 fully saturated rings. The Morgan fingerprint density at radius 1 is 1.23 bits per heavy atom. The highest BCUT2D eigenvalue weighted by atomic mass is 32.2. The zero-order valence-corrected chi connectivity index (χ0v) is 15.3. The molecule has 140 valence electrons. The highest BCUT2D eigenvalue weighted by Gasteiger charge is 2.49. The standard InChI is InChI=1S/C16H17FN2O5S2/c17-10-4-6-11(7-5-10)19-12-8-26(23,24)9-13(12)25-16(19)18-14(20)2-1-3-15(21)22/h4-7,12-13H,1-3,8-9H2,(H,21,22)/p-1/t12-,13-/m0/s1. The number of rotatable bonds is 5. The maximum absolute atomic E-state index is 13.2. The average Bonchev–Trinajstić information content (AvgIpc) is 2.99. The van der Waals surface area contributed by atoms with Crippen LogP contribution in [0.15, 0.2) is 29.3 Å². The Kier molecular flexibility index (Phi) is 5.33. The van der Waals surface area contributed by atoms with Gasteiger partial charge in [-0.25, -0.2) is 12.8 Å². The molecule has 0 saturated carbocycles. The van der Waals surface area contributed by atoms with Crippen molar-refractivity contribution in [3.8, 4) is 0 Å². The van der Waals surface area contributed by atoms with E-state index in [4.69, 9.17) is 0 Å². The Balaban J connectivity index is 1.84. The Morgan fingerprint density at radius 3 is 2.58 bits per heavy atom. The number of amidine groups is 1. The SMILES string of the molecule is O=C([O-])CCCC(=O)N=C1S[C@H]2CS(=O)(=O)C[C@@H]2N1c1ccc(F)cc1. The van der Waals surface area contributed by atoms with Crippen molar-refractivity contribution < 1.29 is 27.5 Å². The number of carboxylic acid groups (broad SMARTS) is 1. The first kappa shape index (κ1) is 18.8. The van der Waals surface area contributed by atoms with Crippen LogP contribution >= 0.6 is 11.8 Å². The third-order valence-corrected chi connectivity index (χ3v) is 7.37. The summed E-state index contributed by atoms with van der Waals surface area (Å²) in [6.07, 6.45) is -0.141. The number of aliphatic carboxylic acids is 1. The number of amides is 1. The molecule has 26 heavy (non-hydrogen) atoms. The molecule has 1 amide bonds. The van der Waals surface area contributed by atoms with Crippen LogP contribution in [-0.2, 0) is 19.4 Å². The summed E-state index contributed by atoms with van der Waals surface area (Å²) in [6.45, 7) is 0. The molecule has 7 nitrogen and oxygen atoms in total. The number of fused-ring (bicyclic) bond motifs is 1. The summed E-state index contributed by atoms with van der Waals surface area (Å²) in [4.78, 5) is 28.2. The van der Waals surface area contributed by atoms with Crippen LogP contribution in [0.4, 0.5) is 10.1 Å². The van der Waals surface area contributed by atoms with Crippen molar-refractivity contribution in [1.29, 1.82) is 0 Å². The number of anilines is 1. The largest absolute Gasteiger partial charge is 0.550 e. The molecule has 10 heteroatoms. The van der Waals surface area contributed by atoms with Gasteiger partial charge in [0.15, 0.2) is 15.0 Å².